The Hall–Kier alpha value is -1.78. The summed E-state index contributed by atoms with van der Waals surface area (Å²) >= 11 is 0. The molecule has 2 rings (SSSR count). The molecule has 1 aromatic heterocycles. The van der Waals surface area contributed by atoms with Crippen molar-refractivity contribution in [2.24, 2.45) is 7.05 Å². The first kappa shape index (κ1) is 13.6. The van der Waals surface area contributed by atoms with Gasteiger partial charge in [-0.25, -0.2) is 0 Å². The summed E-state index contributed by atoms with van der Waals surface area (Å²) < 4.78 is 6.53. The summed E-state index contributed by atoms with van der Waals surface area (Å²) in [5.74, 6) is -0.252. The van der Waals surface area contributed by atoms with Crippen molar-refractivity contribution >= 4 is 11.9 Å². The molecule has 0 saturated carbocycles. The van der Waals surface area contributed by atoms with Crippen LogP contribution in [-0.4, -0.2) is 41.0 Å². The van der Waals surface area contributed by atoms with Crippen LogP contribution in [0.25, 0.3) is 0 Å². The SMILES string of the molecule is COC(=O)CC1CCCCN1C(=O)c1cccn1C. The number of hydrogen-bond donors (Lipinski definition) is 0. The molecule has 0 bridgehead atoms. The van der Waals surface area contributed by atoms with Gasteiger partial charge in [0.15, 0.2) is 0 Å². The van der Waals surface area contributed by atoms with Gasteiger partial charge in [0.2, 0.25) is 0 Å². The number of esters is 1. The maximum atomic E-state index is 12.5. The normalized spacial score (nSPS) is 19.3. The second kappa shape index (κ2) is 5.91. The smallest absolute Gasteiger partial charge is 0.307 e. The minimum absolute atomic E-state index is 0.00102. The summed E-state index contributed by atoms with van der Waals surface area (Å²) in [7, 11) is 3.24. The largest absolute Gasteiger partial charge is 0.469 e. The van der Waals surface area contributed by atoms with Gasteiger partial charge in [-0.15, -0.1) is 0 Å². The Bertz CT molecular complexity index is 467. The van der Waals surface area contributed by atoms with Crippen LogP contribution in [0.2, 0.25) is 0 Å². The van der Waals surface area contributed by atoms with Crippen LogP contribution in [-0.2, 0) is 16.6 Å². The van der Waals surface area contributed by atoms with Crippen molar-refractivity contribution < 1.29 is 14.3 Å². The lowest BCUT2D eigenvalue weighted by Crippen LogP contribution is -2.45. The number of nitrogens with zero attached hydrogens (tertiary/aromatic N) is 2. The monoisotopic (exact) mass is 264 g/mol. The predicted octanol–water partition coefficient (Wildman–Crippen LogP) is 1.58. The summed E-state index contributed by atoms with van der Waals surface area (Å²) in [6.07, 6.45) is 5.05. The molecule has 0 spiro atoms. The topological polar surface area (TPSA) is 51.5 Å². The van der Waals surface area contributed by atoms with Crippen LogP contribution in [0.15, 0.2) is 18.3 Å². The highest BCUT2D eigenvalue weighted by molar-refractivity contribution is 5.93. The molecule has 0 radical (unpaired) electrons. The number of ether oxygens (including phenoxy) is 1. The van der Waals surface area contributed by atoms with E-state index in [2.05, 4.69) is 0 Å². The van der Waals surface area contributed by atoms with Crippen LogP contribution >= 0.6 is 0 Å². The van der Waals surface area contributed by atoms with E-state index in [1.807, 2.05) is 34.8 Å². The molecule has 1 aromatic rings. The molecule has 5 nitrogen and oxygen atoms in total. The Kier molecular flexibility index (Phi) is 4.24. The highest BCUT2D eigenvalue weighted by Crippen LogP contribution is 2.22. The molecule has 5 heteroatoms. The van der Waals surface area contributed by atoms with Gasteiger partial charge in [0.1, 0.15) is 5.69 Å². The third-order valence-corrected chi connectivity index (χ3v) is 3.68. The molecular weight excluding hydrogens is 244 g/mol. The molecule has 1 amide bonds. The van der Waals surface area contributed by atoms with Crippen molar-refractivity contribution in [3.05, 3.63) is 24.0 Å². The number of carbonyl (C=O) groups is 2. The maximum absolute atomic E-state index is 12.5. The van der Waals surface area contributed by atoms with Crippen molar-refractivity contribution in [1.82, 2.24) is 9.47 Å². The first-order valence-electron chi connectivity index (χ1n) is 6.62. The highest BCUT2D eigenvalue weighted by atomic mass is 16.5. The molecule has 19 heavy (non-hydrogen) atoms. The summed E-state index contributed by atoms with van der Waals surface area (Å²) in [6, 6.07) is 3.63. The lowest BCUT2D eigenvalue weighted by atomic mass is 9.99. The summed E-state index contributed by atoms with van der Waals surface area (Å²) in [5.41, 5.74) is 0.664. The van der Waals surface area contributed by atoms with Gasteiger partial charge in [-0.3, -0.25) is 9.59 Å². The fraction of sp³-hybridized carbons (Fsp3) is 0.571. The number of methoxy groups -OCH3 is 1. The molecule has 0 aliphatic carbocycles. The number of rotatable bonds is 3. The average Bonchev–Trinajstić information content (AvgIpc) is 2.84. The summed E-state index contributed by atoms with van der Waals surface area (Å²) in [6.45, 7) is 0.714. The number of likely N-dealkylation sites (tertiary alicyclic amines) is 1. The third-order valence-electron chi connectivity index (χ3n) is 3.68. The number of amides is 1. The average molecular weight is 264 g/mol. The van der Waals surface area contributed by atoms with E-state index in [9.17, 15) is 9.59 Å². The summed E-state index contributed by atoms with van der Waals surface area (Å²) in [5, 5.41) is 0. The predicted molar refractivity (Wildman–Crippen MR) is 70.7 cm³/mol. The number of piperidine rings is 1. The fourth-order valence-corrected chi connectivity index (χ4v) is 2.59. The molecule has 1 aliphatic rings. The van der Waals surface area contributed by atoms with E-state index in [1.165, 1.54) is 7.11 Å². The van der Waals surface area contributed by atoms with E-state index >= 15 is 0 Å². The van der Waals surface area contributed by atoms with Gasteiger partial charge in [-0.1, -0.05) is 0 Å². The molecule has 2 heterocycles. The van der Waals surface area contributed by atoms with E-state index in [-0.39, 0.29) is 24.3 Å². The lowest BCUT2D eigenvalue weighted by Gasteiger charge is -2.35. The quantitative estimate of drug-likeness (QED) is 0.779. The molecule has 1 aliphatic heterocycles. The Morgan fingerprint density at radius 2 is 2.21 bits per heavy atom. The number of hydrogen-bond acceptors (Lipinski definition) is 3. The molecule has 1 atom stereocenters. The van der Waals surface area contributed by atoms with Crippen molar-refractivity contribution in [1.29, 1.82) is 0 Å². The van der Waals surface area contributed by atoms with E-state index in [1.54, 1.807) is 0 Å². The molecule has 1 unspecified atom stereocenters. The van der Waals surface area contributed by atoms with Crippen LogP contribution in [0, 0.1) is 0 Å². The van der Waals surface area contributed by atoms with E-state index < -0.39 is 0 Å². The zero-order chi connectivity index (χ0) is 13.8. The highest BCUT2D eigenvalue weighted by Gasteiger charge is 2.30. The van der Waals surface area contributed by atoms with Gasteiger partial charge in [0.05, 0.1) is 13.5 Å². The van der Waals surface area contributed by atoms with Crippen LogP contribution in [0.4, 0.5) is 0 Å². The Balaban J connectivity index is 2.13. The van der Waals surface area contributed by atoms with Gasteiger partial charge in [-0.05, 0) is 31.4 Å². The van der Waals surface area contributed by atoms with Crippen LogP contribution < -0.4 is 0 Å². The minimum Gasteiger partial charge on any atom is -0.469 e. The van der Waals surface area contributed by atoms with Crippen molar-refractivity contribution in [3.63, 3.8) is 0 Å². The molecule has 0 aromatic carbocycles. The van der Waals surface area contributed by atoms with Gasteiger partial charge in [-0.2, -0.15) is 0 Å². The molecule has 104 valence electrons. The Morgan fingerprint density at radius 1 is 1.42 bits per heavy atom. The number of carbonyl (C=O) groups excluding carboxylic acids is 2. The molecule has 0 N–H and O–H groups in total. The van der Waals surface area contributed by atoms with Crippen molar-refractivity contribution in [2.45, 2.75) is 31.7 Å². The second-order valence-electron chi connectivity index (χ2n) is 4.93. The van der Waals surface area contributed by atoms with E-state index in [0.717, 1.165) is 19.3 Å². The second-order valence-corrected chi connectivity index (χ2v) is 4.93. The van der Waals surface area contributed by atoms with Crippen LogP contribution in [0.3, 0.4) is 0 Å². The number of aryl methyl sites for hydroxylation is 1. The van der Waals surface area contributed by atoms with Crippen LogP contribution in [0.5, 0.6) is 0 Å². The Labute approximate surface area is 113 Å². The van der Waals surface area contributed by atoms with E-state index in [0.29, 0.717) is 12.2 Å². The van der Waals surface area contributed by atoms with Crippen molar-refractivity contribution in [3.8, 4) is 0 Å². The molecule has 1 fully saturated rings. The number of aromatic nitrogens is 1. The van der Waals surface area contributed by atoms with Gasteiger partial charge < -0.3 is 14.2 Å². The van der Waals surface area contributed by atoms with Gasteiger partial charge in [0.25, 0.3) is 5.91 Å². The Morgan fingerprint density at radius 3 is 2.84 bits per heavy atom. The van der Waals surface area contributed by atoms with Crippen molar-refractivity contribution in [2.75, 3.05) is 13.7 Å². The van der Waals surface area contributed by atoms with Crippen LogP contribution in [0.1, 0.15) is 36.2 Å². The van der Waals surface area contributed by atoms with E-state index in [4.69, 9.17) is 4.74 Å². The summed E-state index contributed by atoms with van der Waals surface area (Å²) in [4.78, 5) is 25.8. The minimum atomic E-state index is -0.253. The first-order valence-corrected chi connectivity index (χ1v) is 6.62. The lowest BCUT2D eigenvalue weighted by molar-refractivity contribution is -0.142. The zero-order valence-corrected chi connectivity index (χ0v) is 11.5. The molecular formula is C14H20N2O3. The zero-order valence-electron chi connectivity index (χ0n) is 11.5. The third kappa shape index (κ3) is 2.97. The van der Waals surface area contributed by atoms with Gasteiger partial charge >= 0.3 is 5.97 Å². The standard InChI is InChI=1S/C14H20N2O3/c1-15-8-5-7-12(15)14(18)16-9-4-3-6-11(16)10-13(17)19-2/h5,7-8,11H,3-4,6,9-10H2,1-2H3. The maximum Gasteiger partial charge on any atom is 0.307 e. The first-order chi connectivity index (χ1) is 9.13. The molecule has 1 saturated heterocycles. The fourth-order valence-electron chi connectivity index (χ4n) is 2.59. The van der Waals surface area contributed by atoms with Gasteiger partial charge in [0, 0.05) is 25.8 Å².